The first-order chi connectivity index (χ1) is 8.99. The molecule has 0 spiro atoms. The average Bonchev–Trinajstić information content (AvgIpc) is 2.35. The SMILES string of the molecule is CNCCC(=O)N(C)Cc1cc(C)c(OC)c(C)c1. The first kappa shape index (κ1) is 15.5. The number of carbonyl (C=O) groups excluding carboxylic acids is 1. The molecule has 0 aromatic heterocycles. The predicted molar refractivity (Wildman–Crippen MR) is 77.5 cm³/mol. The van der Waals surface area contributed by atoms with Crippen LogP contribution >= 0.6 is 0 Å². The molecule has 0 bridgehead atoms. The zero-order valence-corrected chi connectivity index (χ0v) is 12.5. The summed E-state index contributed by atoms with van der Waals surface area (Å²) < 4.78 is 5.35. The number of hydrogen-bond acceptors (Lipinski definition) is 3. The van der Waals surface area contributed by atoms with Crippen LogP contribution in [-0.2, 0) is 11.3 Å². The Morgan fingerprint density at radius 1 is 1.32 bits per heavy atom. The molecule has 1 aromatic carbocycles. The van der Waals surface area contributed by atoms with Crippen molar-refractivity contribution in [1.82, 2.24) is 10.2 Å². The number of carbonyl (C=O) groups is 1. The summed E-state index contributed by atoms with van der Waals surface area (Å²) in [6, 6.07) is 4.15. The summed E-state index contributed by atoms with van der Waals surface area (Å²) >= 11 is 0. The average molecular weight is 264 g/mol. The zero-order chi connectivity index (χ0) is 14.4. The first-order valence-electron chi connectivity index (χ1n) is 6.52. The predicted octanol–water partition coefficient (Wildman–Crippen LogP) is 1.88. The van der Waals surface area contributed by atoms with Gasteiger partial charge < -0.3 is 15.0 Å². The van der Waals surface area contributed by atoms with Crippen molar-refractivity contribution in [1.29, 1.82) is 0 Å². The van der Waals surface area contributed by atoms with Gasteiger partial charge in [0, 0.05) is 26.6 Å². The highest BCUT2D eigenvalue weighted by Gasteiger charge is 2.11. The van der Waals surface area contributed by atoms with E-state index in [1.165, 1.54) is 0 Å². The van der Waals surface area contributed by atoms with E-state index in [1.807, 2.05) is 27.9 Å². The number of amides is 1. The lowest BCUT2D eigenvalue weighted by Crippen LogP contribution is -2.28. The van der Waals surface area contributed by atoms with Gasteiger partial charge in [0.2, 0.25) is 5.91 Å². The van der Waals surface area contributed by atoms with E-state index in [1.54, 1.807) is 12.0 Å². The lowest BCUT2D eigenvalue weighted by molar-refractivity contribution is -0.130. The van der Waals surface area contributed by atoms with Gasteiger partial charge in [-0.1, -0.05) is 12.1 Å². The second-order valence-electron chi connectivity index (χ2n) is 4.87. The Balaban J connectivity index is 2.74. The summed E-state index contributed by atoms with van der Waals surface area (Å²) in [7, 11) is 5.37. The fourth-order valence-corrected chi connectivity index (χ4v) is 2.24. The third kappa shape index (κ3) is 4.24. The van der Waals surface area contributed by atoms with Gasteiger partial charge in [-0.15, -0.1) is 0 Å². The molecule has 1 amide bonds. The lowest BCUT2D eigenvalue weighted by Gasteiger charge is -2.19. The number of nitrogens with zero attached hydrogens (tertiary/aromatic N) is 1. The highest BCUT2D eigenvalue weighted by atomic mass is 16.5. The molecule has 0 radical (unpaired) electrons. The molecule has 0 saturated heterocycles. The zero-order valence-electron chi connectivity index (χ0n) is 12.5. The molecule has 0 aliphatic heterocycles. The molecule has 1 N–H and O–H groups in total. The third-order valence-corrected chi connectivity index (χ3v) is 3.16. The van der Waals surface area contributed by atoms with Crippen LogP contribution in [0, 0.1) is 13.8 Å². The molecule has 4 nitrogen and oxygen atoms in total. The number of nitrogens with one attached hydrogen (secondary N) is 1. The summed E-state index contributed by atoms with van der Waals surface area (Å²) in [5.41, 5.74) is 3.35. The number of aryl methyl sites for hydroxylation is 2. The molecular formula is C15H24N2O2. The minimum absolute atomic E-state index is 0.153. The maximum atomic E-state index is 11.9. The minimum atomic E-state index is 0.153. The summed E-state index contributed by atoms with van der Waals surface area (Å²) in [5, 5.41) is 2.99. The Morgan fingerprint density at radius 3 is 2.37 bits per heavy atom. The van der Waals surface area contributed by atoms with Crippen molar-refractivity contribution in [3.8, 4) is 5.75 Å². The third-order valence-electron chi connectivity index (χ3n) is 3.16. The van der Waals surface area contributed by atoms with E-state index in [0.29, 0.717) is 19.5 Å². The van der Waals surface area contributed by atoms with Gasteiger partial charge in [0.1, 0.15) is 5.75 Å². The van der Waals surface area contributed by atoms with Crippen LogP contribution in [0.2, 0.25) is 0 Å². The monoisotopic (exact) mass is 264 g/mol. The van der Waals surface area contributed by atoms with Crippen LogP contribution in [0.15, 0.2) is 12.1 Å². The smallest absolute Gasteiger partial charge is 0.223 e. The molecule has 1 rings (SSSR count). The van der Waals surface area contributed by atoms with Crippen molar-refractivity contribution in [3.63, 3.8) is 0 Å². The fourth-order valence-electron chi connectivity index (χ4n) is 2.24. The fraction of sp³-hybridized carbons (Fsp3) is 0.533. The van der Waals surface area contributed by atoms with Crippen molar-refractivity contribution >= 4 is 5.91 Å². The number of methoxy groups -OCH3 is 1. The quantitative estimate of drug-likeness (QED) is 0.853. The van der Waals surface area contributed by atoms with Gasteiger partial charge in [0.15, 0.2) is 0 Å². The standard InChI is InChI=1S/C15H24N2O2/c1-11-8-13(9-12(2)15(11)19-5)10-17(4)14(18)6-7-16-3/h8-9,16H,6-7,10H2,1-5H3. The van der Waals surface area contributed by atoms with E-state index >= 15 is 0 Å². The van der Waals surface area contributed by atoms with Crippen LogP contribution in [0.1, 0.15) is 23.1 Å². The molecule has 0 atom stereocenters. The van der Waals surface area contributed by atoms with Crippen LogP contribution in [0.5, 0.6) is 5.75 Å². The molecule has 0 unspecified atom stereocenters. The summed E-state index contributed by atoms with van der Waals surface area (Å²) in [6.07, 6.45) is 0.529. The van der Waals surface area contributed by atoms with E-state index in [-0.39, 0.29) is 5.91 Å². The van der Waals surface area contributed by atoms with Crippen LogP contribution in [0.25, 0.3) is 0 Å². The Hall–Kier alpha value is -1.55. The van der Waals surface area contributed by atoms with Crippen molar-refractivity contribution in [2.75, 3.05) is 27.7 Å². The highest BCUT2D eigenvalue weighted by Crippen LogP contribution is 2.24. The number of hydrogen-bond donors (Lipinski definition) is 1. The molecule has 19 heavy (non-hydrogen) atoms. The maximum Gasteiger partial charge on any atom is 0.223 e. The van der Waals surface area contributed by atoms with E-state index < -0.39 is 0 Å². The first-order valence-corrected chi connectivity index (χ1v) is 6.52. The molecule has 1 aromatic rings. The largest absolute Gasteiger partial charge is 0.496 e. The van der Waals surface area contributed by atoms with Gasteiger partial charge in [-0.2, -0.15) is 0 Å². The molecular weight excluding hydrogens is 240 g/mol. The second-order valence-corrected chi connectivity index (χ2v) is 4.87. The minimum Gasteiger partial charge on any atom is -0.496 e. The molecule has 0 aliphatic rings. The van der Waals surface area contributed by atoms with Gasteiger partial charge in [-0.05, 0) is 37.6 Å². The van der Waals surface area contributed by atoms with Gasteiger partial charge in [0.05, 0.1) is 7.11 Å². The van der Waals surface area contributed by atoms with E-state index in [2.05, 4.69) is 17.4 Å². The van der Waals surface area contributed by atoms with E-state index in [4.69, 9.17) is 4.74 Å². The highest BCUT2D eigenvalue weighted by molar-refractivity contribution is 5.76. The van der Waals surface area contributed by atoms with Crippen LogP contribution < -0.4 is 10.1 Å². The van der Waals surface area contributed by atoms with Crippen LogP contribution in [-0.4, -0.2) is 38.6 Å². The van der Waals surface area contributed by atoms with Gasteiger partial charge in [-0.3, -0.25) is 4.79 Å². The van der Waals surface area contributed by atoms with Crippen molar-refractivity contribution < 1.29 is 9.53 Å². The number of benzene rings is 1. The Labute approximate surface area is 115 Å². The second kappa shape index (κ2) is 7.14. The molecule has 106 valence electrons. The van der Waals surface area contributed by atoms with Gasteiger partial charge >= 0.3 is 0 Å². The van der Waals surface area contributed by atoms with Crippen LogP contribution in [0.3, 0.4) is 0 Å². The van der Waals surface area contributed by atoms with E-state index in [9.17, 15) is 4.79 Å². The molecule has 0 heterocycles. The maximum absolute atomic E-state index is 11.9. The lowest BCUT2D eigenvalue weighted by atomic mass is 10.1. The summed E-state index contributed by atoms with van der Waals surface area (Å²) in [5.74, 6) is 1.08. The molecule has 0 saturated carbocycles. The van der Waals surface area contributed by atoms with Gasteiger partial charge in [-0.25, -0.2) is 0 Å². The summed E-state index contributed by atoms with van der Waals surface area (Å²) in [4.78, 5) is 13.6. The molecule has 4 heteroatoms. The number of ether oxygens (including phenoxy) is 1. The topological polar surface area (TPSA) is 41.6 Å². The normalized spacial score (nSPS) is 10.4. The Morgan fingerprint density at radius 2 is 1.89 bits per heavy atom. The van der Waals surface area contributed by atoms with Crippen LogP contribution in [0.4, 0.5) is 0 Å². The van der Waals surface area contributed by atoms with Crippen molar-refractivity contribution in [3.05, 3.63) is 28.8 Å². The van der Waals surface area contributed by atoms with Gasteiger partial charge in [0.25, 0.3) is 0 Å². The van der Waals surface area contributed by atoms with Crippen molar-refractivity contribution in [2.45, 2.75) is 26.8 Å². The molecule has 0 aliphatic carbocycles. The number of rotatable bonds is 6. The van der Waals surface area contributed by atoms with E-state index in [0.717, 1.165) is 22.4 Å². The Kier molecular flexibility index (Phi) is 5.83. The summed E-state index contributed by atoms with van der Waals surface area (Å²) in [6.45, 7) is 5.40. The van der Waals surface area contributed by atoms with Crippen molar-refractivity contribution in [2.24, 2.45) is 0 Å². The Bertz CT molecular complexity index is 421. The molecule has 0 fully saturated rings.